The third-order valence-electron chi connectivity index (χ3n) is 7.95. The maximum Gasteiger partial charge on any atom is 0.410 e. The number of likely N-dealkylation sites (tertiary alicyclic amines) is 1. The van der Waals surface area contributed by atoms with Gasteiger partial charge in [-0.2, -0.15) is 5.26 Å². The van der Waals surface area contributed by atoms with Gasteiger partial charge in [-0.25, -0.2) is 4.79 Å². The predicted octanol–water partition coefficient (Wildman–Crippen LogP) is 6.23. The lowest BCUT2D eigenvalue weighted by Crippen LogP contribution is -2.42. The number of hydrogen-bond acceptors (Lipinski definition) is 4. The lowest BCUT2D eigenvalue weighted by molar-refractivity contribution is 0.0184. The van der Waals surface area contributed by atoms with Crippen molar-refractivity contribution in [2.45, 2.75) is 71.3 Å². The van der Waals surface area contributed by atoms with E-state index in [9.17, 15) is 14.9 Å². The summed E-state index contributed by atoms with van der Waals surface area (Å²) >= 11 is 0. The quantitative estimate of drug-likeness (QED) is 0.509. The van der Waals surface area contributed by atoms with Gasteiger partial charge in [0.1, 0.15) is 5.60 Å². The van der Waals surface area contributed by atoms with E-state index in [1.165, 1.54) is 5.56 Å². The van der Waals surface area contributed by atoms with Crippen LogP contribution in [0.3, 0.4) is 0 Å². The number of rotatable bonds is 2. The van der Waals surface area contributed by atoms with Crippen LogP contribution in [0.2, 0.25) is 0 Å². The molecule has 0 bridgehead atoms. The summed E-state index contributed by atoms with van der Waals surface area (Å²) in [5, 5.41) is 9.32. The minimum atomic E-state index is -0.477. The van der Waals surface area contributed by atoms with Crippen molar-refractivity contribution in [3.05, 3.63) is 75.4 Å². The number of benzene rings is 2. The monoisotopic (exact) mass is 482 g/mol. The Morgan fingerprint density at radius 1 is 1.11 bits per heavy atom. The Morgan fingerprint density at radius 2 is 1.81 bits per heavy atom. The Kier molecular flexibility index (Phi) is 5.82. The van der Waals surface area contributed by atoms with Crippen molar-refractivity contribution in [3.63, 3.8) is 0 Å². The van der Waals surface area contributed by atoms with Crippen molar-refractivity contribution in [1.82, 2.24) is 4.90 Å². The van der Waals surface area contributed by atoms with E-state index >= 15 is 0 Å². The number of allylic oxidation sites excluding steroid dienone is 2. The highest BCUT2D eigenvalue weighted by Crippen LogP contribution is 2.50. The molecule has 0 radical (unpaired) electrons. The number of hydrogen-bond donors (Lipinski definition) is 0. The van der Waals surface area contributed by atoms with Crippen molar-refractivity contribution >= 4 is 17.4 Å². The summed E-state index contributed by atoms with van der Waals surface area (Å²) in [4.78, 5) is 27.9. The molecular weight excluding hydrogens is 448 g/mol. The molecule has 1 fully saturated rings. The molecule has 0 N–H and O–H groups in total. The van der Waals surface area contributed by atoms with Gasteiger partial charge in [0.15, 0.2) is 5.78 Å². The van der Waals surface area contributed by atoms with E-state index in [-0.39, 0.29) is 17.3 Å². The van der Waals surface area contributed by atoms with Gasteiger partial charge >= 0.3 is 6.09 Å². The number of nitrogens with zero attached hydrogens (tertiary/aromatic N) is 2. The van der Waals surface area contributed by atoms with Crippen LogP contribution in [0, 0.1) is 17.2 Å². The van der Waals surface area contributed by atoms with Crippen LogP contribution in [-0.2, 0) is 23.0 Å². The Balaban J connectivity index is 1.33. The molecule has 0 saturated carbocycles. The Morgan fingerprint density at radius 3 is 2.47 bits per heavy atom. The SMILES string of the molecule is CC(C)(C)OC(=O)N1CCC(Cc2ccc3c(c2)C(C)(C)C2=C(C3=O)c3ccc(C#N)cc3C2)CC1. The van der Waals surface area contributed by atoms with Crippen molar-refractivity contribution in [2.24, 2.45) is 5.92 Å². The number of ketones is 1. The molecule has 2 aromatic carbocycles. The molecule has 2 aromatic rings. The van der Waals surface area contributed by atoms with E-state index in [1.807, 2.05) is 49.9 Å². The van der Waals surface area contributed by atoms with Gasteiger partial charge in [0.05, 0.1) is 11.6 Å². The fourth-order valence-corrected chi connectivity index (χ4v) is 6.00. The van der Waals surface area contributed by atoms with Gasteiger partial charge in [-0.05, 0) is 92.3 Å². The zero-order chi connectivity index (χ0) is 25.8. The minimum Gasteiger partial charge on any atom is -0.444 e. The summed E-state index contributed by atoms with van der Waals surface area (Å²) in [6.07, 6.45) is 3.33. The molecule has 3 aliphatic rings. The molecule has 1 saturated heterocycles. The van der Waals surface area contributed by atoms with Crippen molar-refractivity contribution in [3.8, 4) is 6.07 Å². The molecule has 0 unspecified atom stereocenters. The highest BCUT2D eigenvalue weighted by molar-refractivity contribution is 6.33. The normalized spacial score (nSPS) is 18.9. The minimum absolute atomic E-state index is 0.0972. The second kappa shape index (κ2) is 8.62. The third-order valence-corrected chi connectivity index (χ3v) is 7.95. The maximum absolute atomic E-state index is 13.6. The van der Waals surface area contributed by atoms with Crippen LogP contribution in [0.1, 0.15) is 85.6 Å². The Hall–Kier alpha value is -3.39. The second-order valence-corrected chi connectivity index (χ2v) is 12.0. The first-order chi connectivity index (χ1) is 17.0. The largest absolute Gasteiger partial charge is 0.444 e. The number of nitriles is 1. The van der Waals surface area contributed by atoms with Crippen LogP contribution in [-0.4, -0.2) is 35.5 Å². The van der Waals surface area contributed by atoms with Crippen LogP contribution in [0.15, 0.2) is 42.0 Å². The van der Waals surface area contributed by atoms with Crippen molar-refractivity contribution in [1.29, 1.82) is 5.26 Å². The lowest BCUT2D eigenvalue weighted by atomic mass is 9.68. The summed E-state index contributed by atoms with van der Waals surface area (Å²) in [7, 11) is 0. The number of fused-ring (bicyclic) bond motifs is 3. The van der Waals surface area contributed by atoms with Gasteiger partial charge < -0.3 is 9.64 Å². The lowest BCUT2D eigenvalue weighted by Gasteiger charge is -2.35. The third kappa shape index (κ3) is 4.23. The zero-order valence-electron chi connectivity index (χ0n) is 21.9. The molecule has 5 heteroatoms. The topological polar surface area (TPSA) is 70.4 Å². The number of ether oxygens (including phenoxy) is 1. The van der Waals surface area contributed by atoms with E-state index in [0.29, 0.717) is 31.0 Å². The molecule has 5 nitrogen and oxygen atoms in total. The molecule has 0 spiro atoms. The molecule has 0 aromatic heterocycles. The standard InChI is InChI=1S/C31H34N2O3/c1-30(2,3)36-29(35)33-12-10-19(11-13-33)14-20-6-9-24-25(16-20)31(4,5)26-17-22-15-21(18-32)7-8-23(22)27(26)28(24)34/h6-9,15-16,19H,10-14,17H2,1-5H3. The molecule has 1 heterocycles. The number of Topliss-reactive ketones (excluding diaryl/α,β-unsaturated/α-hetero) is 1. The molecular formula is C31H34N2O3. The van der Waals surface area contributed by atoms with Crippen LogP contribution >= 0.6 is 0 Å². The van der Waals surface area contributed by atoms with E-state index in [1.54, 1.807) is 0 Å². The van der Waals surface area contributed by atoms with Crippen molar-refractivity contribution < 1.29 is 14.3 Å². The van der Waals surface area contributed by atoms with E-state index < -0.39 is 5.60 Å². The highest BCUT2D eigenvalue weighted by atomic mass is 16.6. The van der Waals surface area contributed by atoms with Crippen LogP contribution in [0.4, 0.5) is 4.79 Å². The van der Waals surface area contributed by atoms with Crippen LogP contribution in [0.25, 0.3) is 5.57 Å². The first-order valence-electron chi connectivity index (χ1n) is 12.9. The summed E-state index contributed by atoms with van der Waals surface area (Å²) in [6, 6.07) is 14.2. The Labute approximate surface area is 213 Å². The summed E-state index contributed by atoms with van der Waals surface area (Å²) in [6.45, 7) is 11.6. The number of piperidine rings is 1. The number of carbonyl (C=O) groups is 2. The molecule has 2 aliphatic carbocycles. The zero-order valence-corrected chi connectivity index (χ0v) is 21.9. The van der Waals surface area contributed by atoms with Crippen LogP contribution in [0.5, 0.6) is 0 Å². The highest BCUT2D eigenvalue weighted by Gasteiger charge is 2.43. The summed E-state index contributed by atoms with van der Waals surface area (Å²) in [5.41, 5.74) is 7.08. The predicted molar refractivity (Wildman–Crippen MR) is 140 cm³/mol. The van der Waals surface area contributed by atoms with Gasteiger partial charge in [0, 0.05) is 29.6 Å². The van der Waals surface area contributed by atoms with E-state index in [4.69, 9.17) is 4.74 Å². The fourth-order valence-electron chi connectivity index (χ4n) is 6.00. The molecule has 1 aliphatic heterocycles. The molecule has 5 rings (SSSR count). The maximum atomic E-state index is 13.6. The number of carbonyl (C=O) groups excluding carboxylic acids is 2. The van der Waals surface area contributed by atoms with Gasteiger partial charge in [-0.3, -0.25) is 4.79 Å². The molecule has 186 valence electrons. The van der Waals surface area contributed by atoms with E-state index in [0.717, 1.165) is 52.7 Å². The van der Waals surface area contributed by atoms with Gasteiger partial charge in [-0.15, -0.1) is 0 Å². The first kappa shape index (κ1) is 24.3. The summed E-state index contributed by atoms with van der Waals surface area (Å²) < 4.78 is 5.53. The van der Waals surface area contributed by atoms with Crippen LogP contribution < -0.4 is 0 Å². The molecule has 1 amide bonds. The number of amides is 1. The smallest absolute Gasteiger partial charge is 0.410 e. The summed E-state index contributed by atoms with van der Waals surface area (Å²) in [5.74, 6) is 0.596. The molecule has 0 atom stereocenters. The van der Waals surface area contributed by atoms with Gasteiger partial charge in [-0.1, -0.05) is 38.1 Å². The van der Waals surface area contributed by atoms with E-state index in [2.05, 4.69) is 32.0 Å². The average Bonchev–Trinajstić information content (AvgIpc) is 3.22. The Bertz CT molecular complexity index is 1330. The first-order valence-corrected chi connectivity index (χ1v) is 12.9. The molecule has 36 heavy (non-hydrogen) atoms. The second-order valence-electron chi connectivity index (χ2n) is 12.0. The average molecular weight is 483 g/mol. The fraction of sp³-hybridized carbons (Fsp3) is 0.452. The van der Waals surface area contributed by atoms with Gasteiger partial charge in [0.25, 0.3) is 0 Å². The van der Waals surface area contributed by atoms with Gasteiger partial charge in [0.2, 0.25) is 0 Å². The van der Waals surface area contributed by atoms with Crippen molar-refractivity contribution in [2.75, 3.05) is 13.1 Å².